The first kappa shape index (κ1) is 34.4. The standard InChI is InChI=1S/C37H36ClN3O7/c1-46-37(45)15-25-5-2-3-6-28(25)29-7-4-8-31-30(29)9-10-33(31)48-35-17-34(47-22-24-13-23(18-39)19-40-20-24)26(14-32(35)38)21-41-27(11-12-42)16-36(43)44/h2-8,13-14,17,19-20,27,33,41-42H,9-12,15-16,21-22H2,1H3,(H,43,44)/t27-,33-/m0/s1. The number of pyridine rings is 1. The molecule has 5 rings (SSSR count). The van der Waals surface area contributed by atoms with Gasteiger partial charge in [-0.15, -0.1) is 0 Å². The minimum atomic E-state index is -0.976. The van der Waals surface area contributed by atoms with Gasteiger partial charge < -0.3 is 29.7 Å². The zero-order valence-electron chi connectivity index (χ0n) is 26.4. The lowest BCUT2D eigenvalue weighted by Crippen LogP contribution is -2.32. The zero-order chi connectivity index (χ0) is 34.0. The first-order chi connectivity index (χ1) is 23.3. The van der Waals surface area contributed by atoms with Crippen LogP contribution in [-0.4, -0.2) is 46.9 Å². The number of aromatic nitrogens is 1. The second-order valence-corrected chi connectivity index (χ2v) is 11.9. The summed E-state index contributed by atoms with van der Waals surface area (Å²) in [6.45, 7) is 0.183. The molecule has 1 aliphatic carbocycles. The van der Waals surface area contributed by atoms with Gasteiger partial charge in [-0.05, 0) is 59.2 Å². The number of aliphatic carboxylic acids is 1. The summed E-state index contributed by atoms with van der Waals surface area (Å²) in [5, 5.41) is 31.6. The molecule has 0 saturated carbocycles. The summed E-state index contributed by atoms with van der Waals surface area (Å²) in [6.07, 6.45) is 4.56. The number of carbonyl (C=O) groups excluding carboxylic acids is 1. The van der Waals surface area contributed by atoms with E-state index in [1.54, 1.807) is 24.4 Å². The van der Waals surface area contributed by atoms with Gasteiger partial charge in [-0.3, -0.25) is 14.6 Å². The van der Waals surface area contributed by atoms with Crippen molar-refractivity contribution in [1.29, 1.82) is 5.26 Å². The molecule has 0 bridgehead atoms. The number of carboxylic acid groups (broad SMARTS) is 1. The number of aliphatic hydroxyl groups is 1. The molecule has 3 aromatic carbocycles. The van der Waals surface area contributed by atoms with Gasteiger partial charge in [0.25, 0.3) is 0 Å². The lowest BCUT2D eigenvalue weighted by atomic mass is 9.92. The van der Waals surface area contributed by atoms with Crippen LogP contribution in [0.1, 0.15) is 58.7 Å². The third-order valence-electron chi connectivity index (χ3n) is 8.27. The van der Waals surface area contributed by atoms with E-state index >= 15 is 0 Å². The summed E-state index contributed by atoms with van der Waals surface area (Å²) < 4.78 is 17.7. The largest absolute Gasteiger partial charge is 0.488 e. The Kier molecular flexibility index (Phi) is 11.6. The Morgan fingerprint density at radius 1 is 1.08 bits per heavy atom. The first-order valence-electron chi connectivity index (χ1n) is 15.6. The molecule has 1 aromatic heterocycles. The molecule has 0 saturated heterocycles. The highest BCUT2D eigenvalue weighted by Crippen LogP contribution is 2.43. The minimum Gasteiger partial charge on any atom is -0.488 e. The van der Waals surface area contributed by atoms with Crippen LogP contribution in [0.25, 0.3) is 11.1 Å². The van der Waals surface area contributed by atoms with Crippen LogP contribution in [-0.2, 0) is 40.3 Å². The fraction of sp³-hybridized carbons (Fsp3) is 0.297. The van der Waals surface area contributed by atoms with Gasteiger partial charge in [0.2, 0.25) is 0 Å². The third kappa shape index (κ3) is 8.49. The lowest BCUT2D eigenvalue weighted by Gasteiger charge is -2.21. The van der Waals surface area contributed by atoms with Crippen molar-refractivity contribution in [2.24, 2.45) is 0 Å². The number of aliphatic hydroxyl groups excluding tert-OH is 1. The summed E-state index contributed by atoms with van der Waals surface area (Å²) in [7, 11) is 1.38. The van der Waals surface area contributed by atoms with E-state index in [-0.39, 0.29) is 51.1 Å². The van der Waals surface area contributed by atoms with Crippen molar-refractivity contribution < 1.29 is 34.0 Å². The molecule has 0 fully saturated rings. The number of nitriles is 1. The molecule has 2 atom stereocenters. The van der Waals surface area contributed by atoms with Crippen molar-refractivity contribution in [3.8, 4) is 28.7 Å². The van der Waals surface area contributed by atoms with Crippen molar-refractivity contribution in [2.45, 2.75) is 57.4 Å². The topological polar surface area (TPSA) is 151 Å². The van der Waals surface area contributed by atoms with E-state index in [2.05, 4.69) is 22.4 Å². The van der Waals surface area contributed by atoms with Gasteiger partial charge in [-0.25, -0.2) is 0 Å². The minimum absolute atomic E-state index is 0.117. The lowest BCUT2D eigenvalue weighted by molar-refractivity contribution is -0.140. The molecule has 0 aliphatic heterocycles. The van der Waals surface area contributed by atoms with E-state index in [1.165, 1.54) is 13.3 Å². The molecule has 48 heavy (non-hydrogen) atoms. The summed E-state index contributed by atoms with van der Waals surface area (Å²) in [6, 6.07) is 20.7. The van der Waals surface area contributed by atoms with Crippen molar-refractivity contribution in [3.63, 3.8) is 0 Å². The molecule has 0 unspecified atom stereocenters. The van der Waals surface area contributed by atoms with Crippen LogP contribution < -0.4 is 14.8 Å². The van der Waals surface area contributed by atoms with Crippen LogP contribution in [0.2, 0.25) is 5.02 Å². The number of rotatable bonds is 15. The van der Waals surface area contributed by atoms with Crippen molar-refractivity contribution in [1.82, 2.24) is 10.3 Å². The molecule has 0 radical (unpaired) electrons. The summed E-state index contributed by atoms with van der Waals surface area (Å²) in [4.78, 5) is 27.6. The molecule has 1 heterocycles. The summed E-state index contributed by atoms with van der Waals surface area (Å²) in [5.41, 5.74) is 6.85. The van der Waals surface area contributed by atoms with Gasteiger partial charge in [0.1, 0.15) is 30.3 Å². The molecule has 0 spiro atoms. The number of nitrogens with one attached hydrogen (secondary N) is 1. The van der Waals surface area contributed by atoms with Gasteiger partial charge in [-0.2, -0.15) is 5.26 Å². The number of methoxy groups -OCH3 is 1. The SMILES string of the molecule is COC(=O)Cc1ccccc1-c1cccc2c1CC[C@@H]2Oc1cc(OCc2cncc(C#N)c2)c(CN[C@@H](CCO)CC(=O)O)cc1Cl. The third-order valence-corrected chi connectivity index (χ3v) is 8.56. The summed E-state index contributed by atoms with van der Waals surface area (Å²) >= 11 is 6.80. The molecule has 1 aliphatic rings. The Morgan fingerprint density at radius 2 is 1.90 bits per heavy atom. The van der Waals surface area contributed by atoms with Crippen LogP contribution in [0.4, 0.5) is 0 Å². The van der Waals surface area contributed by atoms with Crippen molar-refractivity contribution >= 4 is 23.5 Å². The Hall–Kier alpha value is -4.95. The predicted octanol–water partition coefficient (Wildman–Crippen LogP) is 5.95. The molecular formula is C37H36ClN3O7. The summed E-state index contributed by atoms with van der Waals surface area (Å²) in [5.74, 6) is -0.393. The number of carboxylic acids is 1. The van der Waals surface area contributed by atoms with E-state index < -0.39 is 12.0 Å². The molecule has 3 N–H and O–H groups in total. The number of ether oxygens (including phenoxy) is 3. The molecule has 11 heteroatoms. The van der Waals surface area contributed by atoms with Gasteiger partial charge in [0.15, 0.2) is 0 Å². The first-order valence-corrected chi connectivity index (χ1v) is 16.0. The highest BCUT2D eigenvalue weighted by molar-refractivity contribution is 6.32. The second-order valence-electron chi connectivity index (χ2n) is 11.5. The van der Waals surface area contributed by atoms with Gasteiger partial charge in [0, 0.05) is 48.8 Å². The van der Waals surface area contributed by atoms with Gasteiger partial charge in [0.05, 0.1) is 30.5 Å². The van der Waals surface area contributed by atoms with Crippen LogP contribution in [0, 0.1) is 11.3 Å². The highest BCUT2D eigenvalue weighted by atomic mass is 35.5. The Balaban J connectivity index is 1.43. The van der Waals surface area contributed by atoms with Crippen LogP contribution in [0.15, 0.2) is 73.1 Å². The Bertz CT molecular complexity index is 1820. The van der Waals surface area contributed by atoms with Gasteiger partial charge >= 0.3 is 11.9 Å². The monoisotopic (exact) mass is 669 g/mol. The van der Waals surface area contributed by atoms with Gasteiger partial charge in [-0.1, -0.05) is 54.1 Å². The number of carbonyl (C=O) groups is 2. The van der Waals surface area contributed by atoms with E-state index in [0.717, 1.165) is 34.2 Å². The van der Waals surface area contributed by atoms with Crippen molar-refractivity contribution in [2.75, 3.05) is 13.7 Å². The number of esters is 1. The van der Waals surface area contributed by atoms with Crippen LogP contribution in [0.5, 0.6) is 11.5 Å². The maximum absolute atomic E-state index is 12.1. The molecular weight excluding hydrogens is 634 g/mol. The molecule has 4 aromatic rings. The normalized spacial score (nSPS) is 14.1. The van der Waals surface area contributed by atoms with Crippen LogP contribution in [0.3, 0.4) is 0 Å². The quantitative estimate of drug-likeness (QED) is 0.130. The average molecular weight is 670 g/mol. The zero-order valence-corrected chi connectivity index (χ0v) is 27.2. The maximum Gasteiger partial charge on any atom is 0.309 e. The predicted molar refractivity (Wildman–Crippen MR) is 179 cm³/mol. The Labute approximate surface area is 283 Å². The molecule has 248 valence electrons. The van der Waals surface area contributed by atoms with Crippen LogP contribution >= 0.6 is 11.6 Å². The smallest absolute Gasteiger partial charge is 0.309 e. The fourth-order valence-corrected chi connectivity index (χ4v) is 6.16. The second kappa shape index (κ2) is 16.2. The molecule has 0 amide bonds. The van der Waals surface area contributed by atoms with E-state index in [0.29, 0.717) is 39.6 Å². The number of nitrogens with zero attached hydrogens (tertiary/aromatic N) is 2. The van der Waals surface area contributed by atoms with E-state index in [1.807, 2.05) is 36.4 Å². The number of hydrogen-bond acceptors (Lipinski definition) is 9. The number of benzene rings is 3. The number of hydrogen-bond donors (Lipinski definition) is 3. The fourth-order valence-electron chi connectivity index (χ4n) is 5.93. The number of fused-ring (bicyclic) bond motifs is 1. The highest BCUT2D eigenvalue weighted by Gasteiger charge is 2.28. The molecule has 10 nitrogen and oxygen atoms in total. The van der Waals surface area contributed by atoms with E-state index in [4.69, 9.17) is 25.8 Å². The average Bonchev–Trinajstić information content (AvgIpc) is 3.50. The number of halogens is 1. The Morgan fingerprint density at radius 3 is 2.67 bits per heavy atom. The van der Waals surface area contributed by atoms with E-state index in [9.17, 15) is 25.1 Å². The maximum atomic E-state index is 12.1. The van der Waals surface area contributed by atoms with Crippen molar-refractivity contribution in [3.05, 3.63) is 111 Å².